The summed E-state index contributed by atoms with van der Waals surface area (Å²) in [4.78, 5) is 76.6. The van der Waals surface area contributed by atoms with Crippen LogP contribution in [0, 0.1) is 0 Å². The molecule has 1 aliphatic rings. The molecule has 2 aromatic carbocycles. The summed E-state index contributed by atoms with van der Waals surface area (Å²) in [5.74, 6) is -1.93. The third kappa shape index (κ3) is 19.4. The number of urea groups is 1. The molecule has 0 saturated carbocycles. The molecule has 0 aromatic heterocycles. The van der Waals surface area contributed by atoms with Crippen molar-refractivity contribution >= 4 is 35.9 Å². The van der Waals surface area contributed by atoms with E-state index in [1.54, 1.807) is 62.3 Å². The van der Waals surface area contributed by atoms with Gasteiger partial charge in [0.05, 0.1) is 0 Å². The minimum Gasteiger partial charge on any atom is -0.460 e. The zero-order valence-corrected chi connectivity index (χ0v) is 37.8. The number of benzene rings is 2. The molecule has 0 aliphatic heterocycles. The van der Waals surface area contributed by atoms with Crippen molar-refractivity contribution in [1.29, 1.82) is 0 Å². The standard InChI is InChI=1S/C47H70N4O10/c1-45(2,3)59-40(53)28-27-38(42(55)61-47(7,8)9)51-43(56)50-37(41(54)60-46(4,5)6)25-18-20-29-48-39(52)26-13-11-10-12-19-30-49-44(57)58-31-36-34-23-16-14-21-32(34)33-22-15-17-24-35(33)36/h14-17,21-24,36-38H,10-13,18-20,25-31H2,1-9H3,(H,48,52)(H,49,57)(H2,50,51,56)/t37-,38-/m0/s1. The monoisotopic (exact) mass is 851 g/mol. The first-order chi connectivity index (χ1) is 28.6. The first kappa shape index (κ1) is 50.2. The minimum absolute atomic E-state index is 0.0219. The number of esters is 3. The smallest absolute Gasteiger partial charge is 0.407 e. The third-order valence-electron chi connectivity index (χ3n) is 9.49. The molecule has 0 heterocycles. The molecule has 14 heteroatoms. The Kier molecular flexibility index (Phi) is 19.6. The zero-order valence-electron chi connectivity index (χ0n) is 37.8. The highest BCUT2D eigenvalue weighted by molar-refractivity contribution is 5.87. The first-order valence-electron chi connectivity index (χ1n) is 21.7. The van der Waals surface area contributed by atoms with E-state index in [1.807, 2.05) is 24.3 Å². The fourth-order valence-corrected chi connectivity index (χ4v) is 6.83. The first-order valence-corrected chi connectivity index (χ1v) is 21.7. The molecule has 61 heavy (non-hydrogen) atoms. The van der Waals surface area contributed by atoms with Gasteiger partial charge < -0.3 is 40.2 Å². The molecule has 14 nitrogen and oxygen atoms in total. The van der Waals surface area contributed by atoms with E-state index in [9.17, 15) is 28.8 Å². The predicted octanol–water partition coefficient (Wildman–Crippen LogP) is 7.99. The highest BCUT2D eigenvalue weighted by atomic mass is 16.6. The van der Waals surface area contributed by atoms with E-state index in [4.69, 9.17) is 18.9 Å². The SMILES string of the molecule is CC(C)(C)OC(=O)CC[C@H](NC(=O)N[C@@H](CCCCNC(=O)CCCCCCCNC(=O)OCC1c2ccccc2-c2ccccc21)C(=O)OC(C)(C)C)C(=O)OC(C)(C)C. The van der Waals surface area contributed by atoms with Crippen molar-refractivity contribution in [2.75, 3.05) is 19.7 Å². The van der Waals surface area contributed by atoms with E-state index in [2.05, 4.69) is 45.5 Å². The normalized spacial score (nSPS) is 13.5. The fraction of sp³-hybridized carbons (Fsp3) is 0.617. The lowest BCUT2D eigenvalue weighted by Gasteiger charge is -2.27. The number of rotatable bonds is 22. The lowest BCUT2D eigenvalue weighted by Crippen LogP contribution is -2.53. The van der Waals surface area contributed by atoms with Gasteiger partial charge in [-0.25, -0.2) is 19.2 Å². The number of hydrogen-bond donors (Lipinski definition) is 4. The van der Waals surface area contributed by atoms with Gasteiger partial charge in [0.15, 0.2) is 0 Å². The molecule has 3 rings (SSSR count). The molecule has 4 N–H and O–H groups in total. The lowest BCUT2D eigenvalue weighted by atomic mass is 9.98. The summed E-state index contributed by atoms with van der Waals surface area (Å²) in [5, 5.41) is 11.0. The van der Waals surface area contributed by atoms with Crippen LogP contribution >= 0.6 is 0 Å². The van der Waals surface area contributed by atoms with Crippen molar-refractivity contribution in [1.82, 2.24) is 21.3 Å². The van der Waals surface area contributed by atoms with Crippen LogP contribution in [0.4, 0.5) is 9.59 Å². The molecule has 0 bridgehead atoms. The third-order valence-corrected chi connectivity index (χ3v) is 9.49. The maximum Gasteiger partial charge on any atom is 0.407 e. The molecule has 0 saturated heterocycles. The zero-order chi connectivity index (χ0) is 45.2. The van der Waals surface area contributed by atoms with E-state index in [-0.39, 0.29) is 37.7 Å². The molecule has 0 radical (unpaired) electrons. The van der Waals surface area contributed by atoms with Gasteiger partial charge in [0.2, 0.25) is 5.91 Å². The molecule has 0 spiro atoms. The summed E-state index contributed by atoms with van der Waals surface area (Å²) in [7, 11) is 0. The molecular formula is C47H70N4O10. The topological polar surface area (TPSA) is 187 Å². The van der Waals surface area contributed by atoms with Gasteiger partial charge in [-0.05, 0) is 123 Å². The van der Waals surface area contributed by atoms with E-state index in [0.29, 0.717) is 32.4 Å². The number of carbonyl (C=O) groups is 6. The van der Waals surface area contributed by atoms with E-state index < -0.39 is 58.9 Å². The summed E-state index contributed by atoms with van der Waals surface area (Å²) in [6.07, 6.45) is 5.34. The number of alkyl carbamates (subject to hydrolysis) is 1. The van der Waals surface area contributed by atoms with Crippen molar-refractivity contribution in [3.8, 4) is 11.1 Å². The van der Waals surface area contributed by atoms with Crippen molar-refractivity contribution in [3.05, 3.63) is 59.7 Å². The van der Waals surface area contributed by atoms with E-state index in [1.165, 1.54) is 22.3 Å². The molecule has 1 aliphatic carbocycles. The molecule has 0 fully saturated rings. The molecule has 2 aromatic rings. The number of carbonyl (C=O) groups excluding carboxylic acids is 6. The lowest BCUT2D eigenvalue weighted by molar-refractivity contribution is -0.159. The van der Waals surface area contributed by atoms with Crippen LogP contribution in [0.3, 0.4) is 0 Å². The van der Waals surface area contributed by atoms with Gasteiger partial charge in [-0.1, -0.05) is 67.8 Å². The number of nitrogens with one attached hydrogen (secondary N) is 4. The Morgan fingerprint density at radius 2 is 1.03 bits per heavy atom. The second kappa shape index (κ2) is 23.7. The van der Waals surface area contributed by atoms with E-state index >= 15 is 0 Å². The highest BCUT2D eigenvalue weighted by Gasteiger charge is 2.32. The molecule has 338 valence electrons. The number of unbranched alkanes of at least 4 members (excludes halogenated alkanes) is 5. The number of amides is 4. The molecule has 2 atom stereocenters. The predicted molar refractivity (Wildman–Crippen MR) is 234 cm³/mol. The second-order valence-corrected chi connectivity index (χ2v) is 18.5. The quantitative estimate of drug-likeness (QED) is 0.0514. The highest BCUT2D eigenvalue weighted by Crippen LogP contribution is 2.44. The minimum atomic E-state index is -1.18. The summed E-state index contributed by atoms with van der Waals surface area (Å²) in [5.41, 5.74) is 2.36. The summed E-state index contributed by atoms with van der Waals surface area (Å²) in [6.45, 7) is 16.6. The van der Waals surface area contributed by atoms with Crippen LogP contribution in [-0.4, -0.2) is 84.5 Å². The van der Waals surface area contributed by atoms with Gasteiger partial charge in [-0.15, -0.1) is 0 Å². The van der Waals surface area contributed by atoms with Gasteiger partial charge >= 0.3 is 30.0 Å². The maximum absolute atomic E-state index is 13.2. The van der Waals surface area contributed by atoms with Crippen molar-refractivity contribution in [2.45, 2.75) is 168 Å². The Morgan fingerprint density at radius 1 is 0.557 bits per heavy atom. The molecule has 4 amide bonds. The summed E-state index contributed by atoms with van der Waals surface area (Å²) < 4.78 is 22.0. The fourth-order valence-electron chi connectivity index (χ4n) is 6.83. The number of hydrogen-bond acceptors (Lipinski definition) is 10. The van der Waals surface area contributed by atoms with Crippen molar-refractivity contribution in [3.63, 3.8) is 0 Å². The Balaban J connectivity index is 1.32. The average Bonchev–Trinajstić information content (AvgIpc) is 3.47. The van der Waals surface area contributed by atoms with Gasteiger partial charge in [0, 0.05) is 31.8 Å². The van der Waals surface area contributed by atoms with Crippen LogP contribution < -0.4 is 21.3 Å². The van der Waals surface area contributed by atoms with Gasteiger partial charge in [0.25, 0.3) is 0 Å². The van der Waals surface area contributed by atoms with Crippen LogP contribution in [0.2, 0.25) is 0 Å². The Bertz CT molecular complexity index is 1730. The van der Waals surface area contributed by atoms with E-state index in [0.717, 1.165) is 32.1 Å². The maximum atomic E-state index is 13.2. The molecule has 0 unspecified atom stereocenters. The van der Waals surface area contributed by atoms with Crippen LogP contribution in [0.1, 0.15) is 150 Å². The van der Waals surface area contributed by atoms with Crippen LogP contribution in [-0.2, 0) is 38.1 Å². The van der Waals surface area contributed by atoms with Crippen LogP contribution in [0.5, 0.6) is 0 Å². The number of fused-ring (bicyclic) bond motifs is 3. The van der Waals surface area contributed by atoms with Gasteiger partial charge in [-0.2, -0.15) is 0 Å². The second-order valence-electron chi connectivity index (χ2n) is 18.5. The van der Waals surface area contributed by atoms with Crippen LogP contribution in [0.15, 0.2) is 48.5 Å². The summed E-state index contributed by atoms with van der Waals surface area (Å²) in [6, 6.07) is 13.5. The Labute approximate surface area is 362 Å². The summed E-state index contributed by atoms with van der Waals surface area (Å²) >= 11 is 0. The van der Waals surface area contributed by atoms with Gasteiger partial charge in [0.1, 0.15) is 35.5 Å². The molecular weight excluding hydrogens is 781 g/mol. The van der Waals surface area contributed by atoms with Gasteiger partial charge in [-0.3, -0.25) is 9.59 Å². The largest absolute Gasteiger partial charge is 0.460 e. The Hall–Kier alpha value is -5.14. The van der Waals surface area contributed by atoms with Crippen molar-refractivity contribution in [2.24, 2.45) is 0 Å². The average molecular weight is 851 g/mol. The van der Waals surface area contributed by atoms with Crippen LogP contribution in [0.25, 0.3) is 11.1 Å². The number of ether oxygens (including phenoxy) is 4. The van der Waals surface area contributed by atoms with Crippen molar-refractivity contribution < 1.29 is 47.7 Å². The Morgan fingerprint density at radius 3 is 1.59 bits per heavy atom.